The van der Waals surface area contributed by atoms with Crippen LogP contribution in [0.15, 0.2) is 11.6 Å². The van der Waals surface area contributed by atoms with Crippen LogP contribution < -0.4 is 0 Å². The molecule has 0 N–H and O–H groups in total. The number of alkyl halides is 1. The molecule has 0 bridgehead atoms. The molecular weight excluding hydrogens is 371 g/mol. The van der Waals surface area contributed by atoms with E-state index in [0.717, 1.165) is 23.9 Å². The maximum atomic E-state index is 6.20. The highest BCUT2D eigenvalue weighted by atomic mass is 127. The van der Waals surface area contributed by atoms with Crippen molar-refractivity contribution in [2.75, 3.05) is 24.9 Å². The van der Waals surface area contributed by atoms with Crippen LogP contribution in [-0.4, -0.2) is 43.4 Å². The zero-order valence-corrected chi connectivity index (χ0v) is 14.2. The van der Waals surface area contributed by atoms with Gasteiger partial charge in [0.1, 0.15) is 6.79 Å². The van der Waals surface area contributed by atoms with Crippen molar-refractivity contribution < 1.29 is 18.9 Å². The lowest BCUT2D eigenvalue weighted by Crippen LogP contribution is -2.58. The Morgan fingerprint density at radius 2 is 2.30 bits per heavy atom. The third-order valence-electron chi connectivity index (χ3n) is 4.91. The Balaban J connectivity index is 1.85. The molecule has 0 spiro atoms. The molecule has 114 valence electrons. The molecule has 0 amide bonds. The lowest BCUT2D eigenvalue weighted by molar-refractivity contribution is -0.301. The van der Waals surface area contributed by atoms with Crippen molar-refractivity contribution in [1.29, 1.82) is 0 Å². The minimum Gasteiger partial charge on any atom is -0.359 e. The summed E-state index contributed by atoms with van der Waals surface area (Å²) in [5, 5.41) is 0. The van der Waals surface area contributed by atoms with Crippen LogP contribution >= 0.6 is 22.6 Å². The number of hydrogen-bond donors (Lipinski definition) is 0. The second-order valence-corrected chi connectivity index (χ2v) is 6.81. The normalized spacial score (nSPS) is 43.9. The van der Waals surface area contributed by atoms with Gasteiger partial charge in [0, 0.05) is 17.5 Å². The van der Waals surface area contributed by atoms with Crippen molar-refractivity contribution in [3.8, 4) is 0 Å². The van der Waals surface area contributed by atoms with Crippen molar-refractivity contribution in [2.24, 2.45) is 17.8 Å². The van der Waals surface area contributed by atoms with Gasteiger partial charge >= 0.3 is 0 Å². The van der Waals surface area contributed by atoms with Crippen LogP contribution in [0.5, 0.6) is 0 Å². The summed E-state index contributed by atoms with van der Waals surface area (Å²) in [6, 6.07) is 0. The minimum atomic E-state index is -0.0513. The largest absolute Gasteiger partial charge is 0.359 e. The Hall–Kier alpha value is 0.310. The monoisotopic (exact) mass is 394 g/mol. The first-order valence-electron chi connectivity index (χ1n) is 7.36. The topological polar surface area (TPSA) is 36.9 Å². The average Bonchev–Trinajstić information content (AvgIpc) is 2.48. The molecule has 5 heteroatoms. The zero-order valence-electron chi connectivity index (χ0n) is 12.1. The van der Waals surface area contributed by atoms with Gasteiger partial charge in [-0.2, -0.15) is 0 Å². The van der Waals surface area contributed by atoms with Crippen LogP contribution in [0, 0.1) is 17.8 Å². The zero-order chi connectivity index (χ0) is 14.1. The van der Waals surface area contributed by atoms with Crippen molar-refractivity contribution in [1.82, 2.24) is 0 Å². The highest BCUT2D eigenvalue weighted by Gasteiger charge is 2.52. The van der Waals surface area contributed by atoms with E-state index in [2.05, 4.69) is 35.6 Å². The SMILES string of the molecule is COCO[C@H]1[C@H]2CC=C(C)[C@@H]3CCO[C@@H](O[C@@H]1CI)[C@@H]23. The summed E-state index contributed by atoms with van der Waals surface area (Å²) >= 11 is 2.37. The van der Waals surface area contributed by atoms with E-state index in [-0.39, 0.29) is 18.5 Å². The summed E-state index contributed by atoms with van der Waals surface area (Å²) in [5.41, 5.74) is 1.50. The quantitative estimate of drug-likeness (QED) is 0.318. The molecular formula is C15H23IO4. The molecule has 2 heterocycles. The molecule has 1 aliphatic carbocycles. The summed E-state index contributed by atoms with van der Waals surface area (Å²) in [5.74, 6) is 1.52. The first-order valence-corrected chi connectivity index (χ1v) is 8.89. The lowest BCUT2D eigenvalue weighted by Gasteiger charge is -2.53. The Bertz CT molecular complexity index is 373. The third kappa shape index (κ3) is 2.67. The number of hydrogen-bond acceptors (Lipinski definition) is 4. The van der Waals surface area contributed by atoms with E-state index < -0.39 is 0 Å². The Morgan fingerprint density at radius 1 is 1.45 bits per heavy atom. The predicted octanol–water partition coefficient (Wildman–Crippen LogP) is 2.75. The first kappa shape index (κ1) is 15.2. The molecule has 3 rings (SSSR count). The predicted molar refractivity (Wildman–Crippen MR) is 83.7 cm³/mol. The number of ether oxygens (including phenoxy) is 4. The van der Waals surface area contributed by atoms with E-state index in [0.29, 0.717) is 24.5 Å². The highest BCUT2D eigenvalue weighted by molar-refractivity contribution is 14.1. The number of halogens is 1. The van der Waals surface area contributed by atoms with Gasteiger partial charge in [-0.15, -0.1) is 0 Å². The molecule has 2 fully saturated rings. The number of methoxy groups -OCH3 is 1. The number of rotatable bonds is 4. The molecule has 0 aromatic carbocycles. The van der Waals surface area contributed by atoms with E-state index in [9.17, 15) is 0 Å². The van der Waals surface area contributed by atoms with Gasteiger partial charge in [-0.25, -0.2) is 0 Å². The summed E-state index contributed by atoms with van der Waals surface area (Å²) in [6.07, 6.45) is 4.73. The second kappa shape index (κ2) is 6.60. The molecule has 0 radical (unpaired) electrons. The summed E-state index contributed by atoms with van der Waals surface area (Å²) < 4.78 is 24.1. The van der Waals surface area contributed by atoms with Gasteiger partial charge < -0.3 is 18.9 Å². The van der Waals surface area contributed by atoms with E-state index in [4.69, 9.17) is 18.9 Å². The molecule has 2 saturated heterocycles. The maximum Gasteiger partial charge on any atom is 0.161 e. The fourth-order valence-electron chi connectivity index (χ4n) is 3.98. The highest BCUT2D eigenvalue weighted by Crippen LogP contribution is 2.48. The molecule has 2 aliphatic heterocycles. The van der Waals surface area contributed by atoms with Crippen LogP contribution in [0.3, 0.4) is 0 Å². The Morgan fingerprint density at radius 3 is 3.05 bits per heavy atom. The smallest absolute Gasteiger partial charge is 0.161 e. The number of allylic oxidation sites excluding steroid dienone is 2. The van der Waals surface area contributed by atoms with Crippen molar-refractivity contribution in [3.63, 3.8) is 0 Å². The molecule has 3 aliphatic rings. The molecule has 0 saturated carbocycles. The van der Waals surface area contributed by atoms with Gasteiger partial charge in [-0.3, -0.25) is 0 Å². The molecule has 0 unspecified atom stereocenters. The van der Waals surface area contributed by atoms with Crippen LogP contribution in [0.1, 0.15) is 19.8 Å². The van der Waals surface area contributed by atoms with Gasteiger partial charge in [0.25, 0.3) is 0 Å². The van der Waals surface area contributed by atoms with Gasteiger partial charge in [0.2, 0.25) is 0 Å². The summed E-state index contributed by atoms with van der Waals surface area (Å²) in [4.78, 5) is 0. The minimum absolute atomic E-state index is 0.0513. The fourth-order valence-corrected chi connectivity index (χ4v) is 4.69. The van der Waals surface area contributed by atoms with Crippen LogP contribution in [0.4, 0.5) is 0 Å². The molecule has 4 nitrogen and oxygen atoms in total. The Kier molecular flexibility index (Phi) is 5.02. The van der Waals surface area contributed by atoms with Crippen molar-refractivity contribution in [2.45, 2.75) is 38.3 Å². The third-order valence-corrected chi connectivity index (χ3v) is 5.78. The van der Waals surface area contributed by atoms with Gasteiger partial charge in [-0.05, 0) is 31.6 Å². The van der Waals surface area contributed by atoms with Crippen molar-refractivity contribution in [3.05, 3.63) is 11.6 Å². The lowest BCUT2D eigenvalue weighted by atomic mass is 9.66. The Labute approximate surface area is 134 Å². The fraction of sp³-hybridized carbons (Fsp3) is 0.867. The van der Waals surface area contributed by atoms with E-state index in [1.165, 1.54) is 5.57 Å². The summed E-state index contributed by atoms with van der Waals surface area (Å²) in [6.45, 7) is 3.39. The first-order chi connectivity index (χ1) is 9.76. The molecule has 20 heavy (non-hydrogen) atoms. The summed E-state index contributed by atoms with van der Waals surface area (Å²) in [7, 11) is 1.67. The molecule has 6 atom stereocenters. The van der Waals surface area contributed by atoms with Crippen LogP contribution in [0.2, 0.25) is 0 Å². The van der Waals surface area contributed by atoms with Crippen molar-refractivity contribution >= 4 is 22.6 Å². The van der Waals surface area contributed by atoms with E-state index in [1.54, 1.807) is 7.11 Å². The van der Waals surface area contributed by atoms with Crippen LogP contribution in [-0.2, 0) is 18.9 Å². The standard InChI is InChI=1S/C15H23IO4/c1-9-3-4-11-13-10(9)5-6-18-15(13)20-12(7-16)14(11)19-8-17-2/h3,10-15H,4-8H2,1-2H3/t10-,11-,12+,13+,14-,15-/m0/s1. The maximum absolute atomic E-state index is 6.20. The van der Waals surface area contributed by atoms with Gasteiger partial charge in [0.05, 0.1) is 18.8 Å². The van der Waals surface area contributed by atoms with Gasteiger partial charge in [-0.1, -0.05) is 34.2 Å². The van der Waals surface area contributed by atoms with E-state index >= 15 is 0 Å². The molecule has 0 aromatic heterocycles. The van der Waals surface area contributed by atoms with Crippen LogP contribution in [0.25, 0.3) is 0 Å². The second-order valence-electron chi connectivity index (χ2n) is 5.93. The molecule has 0 aromatic rings. The average molecular weight is 394 g/mol. The van der Waals surface area contributed by atoms with Gasteiger partial charge in [0.15, 0.2) is 6.29 Å². The van der Waals surface area contributed by atoms with E-state index in [1.807, 2.05) is 0 Å².